The van der Waals surface area contributed by atoms with E-state index in [-0.39, 0.29) is 31.3 Å². The number of urea groups is 1. The molecule has 21 heavy (non-hydrogen) atoms. The van der Waals surface area contributed by atoms with E-state index in [0.717, 1.165) is 4.90 Å². The van der Waals surface area contributed by atoms with E-state index in [1.807, 2.05) is 13.8 Å². The van der Waals surface area contributed by atoms with Crippen LogP contribution in [0.25, 0.3) is 0 Å². The SMILES string of the molecule is CC(C)C[C@@H](NC(=O)CCCN1C(=O)CNC1=O)C(=O)O. The minimum absolute atomic E-state index is 0.0134. The van der Waals surface area contributed by atoms with E-state index in [1.54, 1.807) is 0 Å². The summed E-state index contributed by atoms with van der Waals surface area (Å²) in [6, 6.07) is -1.36. The number of hydrogen-bond donors (Lipinski definition) is 3. The number of amides is 4. The van der Waals surface area contributed by atoms with Gasteiger partial charge in [-0.15, -0.1) is 0 Å². The van der Waals surface area contributed by atoms with E-state index in [1.165, 1.54) is 0 Å². The van der Waals surface area contributed by atoms with Gasteiger partial charge in [-0.3, -0.25) is 14.5 Å². The van der Waals surface area contributed by atoms with Crippen molar-refractivity contribution in [3.8, 4) is 0 Å². The number of nitrogens with one attached hydrogen (secondary N) is 2. The molecule has 0 radical (unpaired) electrons. The number of carbonyl (C=O) groups excluding carboxylic acids is 3. The van der Waals surface area contributed by atoms with Crippen molar-refractivity contribution in [2.45, 2.75) is 39.2 Å². The average molecular weight is 299 g/mol. The zero-order chi connectivity index (χ0) is 16.0. The third-order valence-electron chi connectivity index (χ3n) is 3.06. The highest BCUT2D eigenvalue weighted by Gasteiger charge is 2.28. The predicted octanol–water partition coefficient (Wildman–Crippen LogP) is -0.0661. The Balaban J connectivity index is 2.34. The predicted molar refractivity (Wildman–Crippen MR) is 73.4 cm³/mol. The van der Waals surface area contributed by atoms with Crippen LogP contribution in [0.3, 0.4) is 0 Å². The van der Waals surface area contributed by atoms with E-state index in [9.17, 15) is 19.2 Å². The van der Waals surface area contributed by atoms with Crippen LogP contribution < -0.4 is 10.6 Å². The van der Waals surface area contributed by atoms with Crippen LogP contribution in [0, 0.1) is 5.92 Å². The van der Waals surface area contributed by atoms with Gasteiger partial charge in [0.1, 0.15) is 6.04 Å². The molecule has 0 aromatic rings. The van der Waals surface area contributed by atoms with Gasteiger partial charge in [0.25, 0.3) is 0 Å². The second-order valence-corrected chi connectivity index (χ2v) is 5.40. The van der Waals surface area contributed by atoms with Crippen LogP contribution in [0.15, 0.2) is 0 Å². The van der Waals surface area contributed by atoms with Gasteiger partial charge >= 0.3 is 12.0 Å². The maximum absolute atomic E-state index is 11.7. The lowest BCUT2D eigenvalue weighted by molar-refractivity contribution is -0.142. The summed E-state index contributed by atoms with van der Waals surface area (Å²) < 4.78 is 0. The first-order chi connectivity index (χ1) is 9.81. The molecule has 4 amide bonds. The van der Waals surface area contributed by atoms with Crippen LogP contribution in [0.2, 0.25) is 0 Å². The van der Waals surface area contributed by atoms with Crippen molar-refractivity contribution < 1.29 is 24.3 Å². The number of hydrogen-bond acceptors (Lipinski definition) is 4. The number of rotatable bonds is 8. The number of carboxylic acids is 1. The van der Waals surface area contributed by atoms with Crippen LogP contribution in [0.4, 0.5) is 4.79 Å². The van der Waals surface area contributed by atoms with Crippen LogP contribution in [0.1, 0.15) is 33.1 Å². The molecule has 1 saturated heterocycles. The first kappa shape index (κ1) is 16.9. The topological polar surface area (TPSA) is 116 Å². The third-order valence-corrected chi connectivity index (χ3v) is 3.06. The van der Waals surface area contributed by atoms with Crippen molar-refractivity contribution in [2.24, 2.45) is 5.92 Å². The molecular formula is C13H21N3O5. The Labute approximate surface area is 122 Å². The Morgan fingerprint density at radius 2 is 2.05 bits per heavy atom. The average Bonchev–Trinajstić information content (AvgIpc) is 2.69. The van der Waals surface area contributed by atoms with E-state index in [0.29, 0.717) is 12.8 Å². The maximum Gasteiger partial charge on any atom is 0.326 e. The summed E-state index contributed by atoms with van der Waals surface area (Å²) in [4.78, 5) is 46.3. The first-order valence-electron chi connectivity index (χ1n) is 6.91. The highest BCUT2D eigenvalue weighted by Crippen LogP contribution is 2.06. The highest BCUT2D eigenvalue weighted by molar-refractivity contribution is 6.01. The molecule has 1 aliphatic rings. The zero-order valence-corrected chi connectivity index (χ0v) is 12.2. The molecule has 8 heteroatoms. The standard InChI is InChI=1S/C13H21N3O5/c1-8(2)6-9(12(19)20)15-10(17)4-3-5-16-11(18)7-14-13(16)21/h8-9H,3-7H2,1-2H3,(H,14,21)(H,15,17)(H,19,20)/t9-/m1/s1. The zero-order valence-electron chi connectivity index (χ0n) is 12.2. The number of carbonyl (C=O) groups is 4. The summed E-state index contributed by atoms with van der Waals surface area (Å²) in [6.45, 7) is 3.89. The fourth-order valence-electron chi connectivity index (χ4n) is 2.04. The van der Waals surface area contributed by atoms with Crippen molar-refractivity contribution >= 4 is 23.8 Å². The molecule has 0 aromatic heterocycles. The van der Waals surface area contributed by atoms with Gasteiger partial charge in [0.2, 0.25) is 11.8 Å². The van der Waals surface area contributed by atoms with E-state index >= 15 is 0 Å². The van der Waals surface area contributed by atoms with Crippen LogP contribution in [-0.2, 0) is 14.4 Å². The summed E-state index contributed by atoms with van der Waals surface area (Å²) in [5, 5.41) is 13.9. The molecular weight excluding hydrogens is 278 g/mol. The van der Waals surface area contributed by atoms with Crippen molar-refractivity contribution in [3.63, 3.8) is 0 Å². The molecule has 118 valence electrons. The van der Waals surface area contributed by atoms with Crippen molar-refractivity contribution in [1.29, 1.82) is 0 Å². The van der Waals surface area contributed by atoms with Crippen LogP contribution in [0.5, 0.6) is 0 Å². The number of carboxylic acid groups (broad SMARTS) is 1. The molecule has 1 fully saturated rings. The normalized spacial score (nSPS) is 16.0. The van der Waals surface area contributed by atoms with Gasteiger partial charge in [0.15, 0.2) is 0 Å². The van der Waals surface area contributed by atoms with Gasteiger partial charge in [-0.1, -0.05) is 13.8 Å². The molecule has 8 nitrogen and oxygen atoms in total. The second kappa shape index (κ2) is 7.61. The number of nitrogens with zero attached hydrogens (tertiary/aromatic N) is 1. The summed E-state index contributed by atoms with van der Waals surface area (Å²) >= 11 is 0. The molecule has 1 rings (SSSR count). The number of aliphatic carboxylic acids is 1. The Hall–Kier alpha value is -2.12. The molecule has 1 atom stereocenters. The molecule has 0 spiro atoms. The maximum atomic E-state index is 11.7. The minimum atomic E-state index is -1.06. The molecule has 1 aliphatic heterocycles. The fourth-order valence-corrected chi connectivity index (χ4v) is 2.04. The van der Waals surface area contributed by atoms with Gasteiger partial charge in [-0.25, -0.2) is 9.59 Å². The smallest absolute Gasteiger partial charge is 0.326 e. The summed E-state index contributed by atoms with van der Waals surface area (Å²) in [7, 11) is 0. The van der Waals surface area contributed by atoms with Gasteiger partial charge in [-0.05, 0) is 18.8 Å². The lowest BCUT2D eigenvalue weighted by Crippen LogP contribution is -2.42. The quantitative estimate of drug-likeness (QED) is 0.543. The monoisotopic (exact) mass is 299 g/mol. The van der Waals surface area contributed by atoms with Gasteiger partial charge in [0.05, 0.1) is 6.54 Å². The molecule has 0 aliphatic carbocycles. The van der Waals surface area contributed by atoms with Crippen molar-refractivity contribution in [2.75, 3.05) is 13.1 Å². The van der Waals surface area contributed by atoms with Gasteiger partial charge < -0.3 is 15.7 Å². The Morgan fingerprint density at radius 3 is 2.52 bits per heavy atom. The van der Waals surface area contributed by atoms with E-state index < -0.39 is 23.9 Å². The number of imide groups is 1. The molecule has 0 bridgehead atoms. The van der Waals surface area contributed by atoms with E-state index in [2.05, 4.69) is 10.6 Å². The van der Waals surface area contributed by atoms with Gasteiger partial charge in [0, 0.05) is 13.0 Å². The third kappa shape index (κ3) is 5.41. The minimum Gasteiger partial charge on any atom is -0.480 e. The van der Waals surface area contributed by atoms with Crippen molar-refractivity contribution in [1.82, 2.24) is 15.5 Å². The second-order valence-electron chi connectivity index (χ2n) is 5.40. The first-order valence-corrected chi connectivity index (χ1v) is 6.91. The Bertz CT molecular complexity index is 420. The molecule has 0 saturated carbocycles. The van der Waals surface area contributed by atoms with E-state index in [4.69, 9.17) is 5.11 Å². The van der Waals surface area contributed by atoms with Crippen LogP contribution >= 0.6 is 0 Å². The lowest BCUT2D eigenvalue weighted by Gasteiger charge is -2.17. The Kier molecular flexibility index (Phi) is 6.13. The largest absolute Gasteiger partial charge is 0.480 e. The molecule has 0 aromatic carbocycles. The highest BCUT2D eigenvalue weighted by atomic mass is 16.4. The molecule has 3 N–H and O–H groups in total. The fraction of sp³-hybridized carbons (Fsp3) is 0.692. The van der Waals surface area contributed by atoms with Crippen LogP contribution in [-0.4, -0.2) is 53.0 Å². The van der Waals surface area contributed by atoms with Crippen molar-refractivity contribution in [3.05, 3.63) is 0 Å². The molecule has 1 heterocycles. The Morgan fingerprint density at radius 1 is 1.38 bits per heavy atom. The molecule has 0 unspecified atom stereocenters. The summed E-state index contributed by atoms with van der Waals surface area (Å²) in [6.07, 6.45) is 0.728. The summed E-state index contributed by atoms with van der Waals surface area (Å²) in [5.41, 5.74) is 0. The summed E-state index contributed by atoms with van der Waals surface area (Å²) in [5.74, 6) is -1.62. The lowest BCUT2D eigenvalue weighted by atomic mass is 10.0. The van der Waals surface area contributed by atoms with Gasteiger partial charge in [-0.2, -0.15) is 0 Å².